The summed E-state index contributed by atoms with van der Waals surface area (Å²) in [5.74, 6) is 0.263. The van der Waals surface area contributed by atoms with Crippen LogP contribution in [0.1, 0.15) is 30.0 Å². The van der Waals surface area contributed by atoms with Crippen LogP contribution in [0, 0.1) is 11.3 Å². The third-order valence-electron chi connectivity index (χ3n) is 3.89. The Labute approximate surface area is 137 Å². The van der Waals surface area contributed by atoms with E-state index < -0.39 is 0 Å². The van der Waals surface area contributed by atoms with E-state index in [0.29, 0.717) is 18.9 Å². The average molecular weight is 359 g/mol. The van der Waals surface area contributed by atoms with Crippen LogP contribution in [-0.2, 0) is 4.74 Å². The summed E-state index contributed by atoms with van der Waals surface area (Å²) in [6, 6.07) is 11.3. The van der Waals surface area contributed by atoms with Gasteiger partial charge >= 0.3 is 0 Å². The Morgan fingerprint density at radius 2 is 1.91 bits per heavy atom. The summed E-state index contributed by atoms with van der Waals surface area (Å²) in [6.07, 6.45) is 1.77. The zero-order valence-electron chi connectivity index (χ0n) is 11.9. The van der Waals surface area contributed by atoms with Gasteiger partial charge in [0.2, 0.25) is 0 Å². The number of halogens is 1. The zero-order valence-corrected chi connectivity index (χ0v) is 13.5. The van der Waals surface area contributed by atoms with Crippen LogP contribution in [0.15, 0.2) is 34.8 Å². The highest BCUT2D eigenvalue weighted by atomic mass is 79.9. The third kappa shape index (κ3) is 2.99. The molecule has 0 bridgehead atoms. The maximum atomic E-state index is 10.2. The lowest BCUT2D eigenvalue weighted by Gasteiger charge is -2.22. The minimum Gasteiger partial charge on any atom is -0.506 e. The molecule has 1 aliphatic heterocycles. The number of aromatic nitrogens is 1. The van der Waals surface area contributed by atoms with Gasteiger partial charge in [-0.25, -0.2) is 0 Å². The fourth-order valence-electron chi connectivity index (χ4n) is 2.68. The molecule has 0 atom stereocenters. The van der Waals surface area contributed by atoms with E-state index >= 15 is 0 Å². The number of benzene rings is 1. The molecule has 2 aromatic rings. The molecule has 0 aliphatic carbocycles. The molecule has 22 heavy (non-hydrogen) atoms. The lowest BCUT2D eigenvalue weighted by atomic mass is 9.94. The summed E-state index contributed by atoms with van der Waals surface area (Å²) in [6.45, 7) is 1.42. The van der Waals surface area contributed by atoms with Gasteiger partial charge in [-0.05, 0) is 25.0 Å². The topological polar surface area (TPSA) is 66.1 Å². The second kappa shape index (κ2) is 6.47. The van der Waals surface area contributed by atoms with Gasteiger partial charge in [0.1, 0.15) is 17.4 Å². The highest BCUT2D eigenvalue weighted by molar-refractivity contribution is 9.10. The Hall–Kier alpha value is -1.90. The lowest BCUT2D eigenvalue weighted by molar-refractivity contribution is 0.0845. The van der Waals surface area contributed by atoms with E-state index in [4.69, 9.17) is 4.74 Å². The van der Waals surface area contributed by atoms with E-state index in [0.717, 1.165) is 28.6 Å². The monoisotopic (exact) mass is 358 g/mol. The quantitative estimate of drug-likeness (QED) is 0.881. The molecular formula is C17H15BrN2O2. The molecule has 0 saturated carbocycles. The maximum Gasteiger partial charge on any atom is 0.137 e. The molecule has 4 nitrogen and oxygen atoms in total. The summed E-state index contributed by atoms with van der Waals surface area (Å²) in [7, 11) is 0. The Morgan fingerprint density at radius 1 is 1.23 bits per heavy atom. The molecule has 0 unspecified atom stereocenters. The number of rotatable bonds is 2. The Bertz CT molecular complexity index is 717. The first-order valence-electron chi connectivity index (χ1n) is 7.16. The van der Waals surface area contributed by atoms with Crippen molar-refractivity contribution in [2.45, 2.75) is 18.8 Å². The molecule has 1 aliphatic rings. The highest BCUT2D eigenvalue weighted by Crippen LogP contribution is 2.34. The molecular weight excluding hydrogens is 344 g/mol. The Morgan fingerprint density at radius 3 is 2.55 bits per heavy atom. The Kier molecular flexibility index (Phi) is 4.41. The van der Waals surface area contributed by atoms with Crippen molar-refractivity contribution in [3.8, 4) is 23.1 Å². The molecule has 1 aromatic heterocycles. The van der Waals surface area contributed by atoms with Gasteiger partial charge in [0.15, 0.2) is 0 Å². The van der Waals surface area contributed by atoms with Gasteiger partial charge in [-0.1, -0.05) is 28.1 Å². The van der Waals surface area contributed by atoms with E-state index in [1.807, 2.05) is 24.3 Å². The van der Waals surface area contributed by atoms with Crippen LogP contribution in [0.5, 0.6) is 5.75 Å². The number of nitrogens with zero attached hydrogens (tertiary/aromatic N) is 2. The first-order valence-corrected chi connectivity index (χ1v) is 7.96. The maximum absolute atomic E-state index is 10.2. The summed E-state index contributed by atoms with van der Waals surface area (Å²) in [5, 5.41) is 19.6. The minimum atomic E-state index is -0.00286. The average Bonchev–Trinajstić information content (AvgIpc) is 2.55. The predicted molar refractivity (Wildman–Crippen MR) is 86.5 cm³/mol. The van der Waals surface area contributed by atoms with Crippen LogP contribution in [0.25, 0.3) is 11.3 Å². The van der Waals surface area contributed by atoms with Gasteiger partial charge in [-0.15, -0.1) is 0 Å². The molecule has 0 spiro atoms. The lowest BCUT2D eigenvalue weighted by Crippen LogP contribution is -2.15. The van der Waals surface area contributed by atoms with Gasteiger partial charge in [0.05, 0.1) is 5.69 Å². The van der Waals surface area contributed by atoms with E-state index in [1.165, 1.54) is 0 Å². The van der Waals surface area contributed by atoms with E-state index in [2.05, 4.69) is 27.0 Å². The van der Waals surface area contributed by atoms with Crippen molar-refractivity contribution in [1.82, 2.24) is 4.98 Å². The molecule has 1 N–H and O–H groups in total. The zero-order chi connectivity index (χ0) is 15.5. The number of pyridine rings is 1. The fourth-order valence-corrected chi connectivity index (χ4v) is 2.94. The van der Waals surface area contributed by atoms with Crippen LogP contribution in [-0.4, -0.2) is 23.3 Å². The van der Waals surface area contributed by atoms with Crippen LogP contribution in [0.2, 0.25) is 0 Å². The van der Waals surface area contributed by atoms with E-state index in [1.54, 1.807) is 6.07 Å². The van der Waals surface area contributed by atoms with Crippen LogP contribution >= 0.6 is 15.9 Å². The van der Waals surface area contributed by atoms with Crippen molar-refractivity contribution in [3.63, 3.8) is 0 Å². The van der Waals surface area contributed by atoms with Gasteiger partial charge in [-0.3, -0.25) is 4.98 Å². The molecule has 3 rings (SSSR count). The summed E-state index contributed by atoms with van der Waals surface area (Å²) < 4.78 is 6.33. The normalized spacial score (nSPS) is 15.5. The standard InChI is InChI=1S/C17H15BrN2O2/c18-13-3-1-12(2-4-13)17-14(10-19)16(21)9-15(20-17)11-5-7-22-8-6-11/h1-4,9,11H,5-8H2,(H,20,21). The van der Waals surface area contributed by atoms with Crippen LogP contribution in [0.3, 0.4) is 0 Å². The van der Waals surface area contributed by atoms with E-state index in [-0.39, 0.29) is 17.2 Å². The van der Waals surface area contributed by atoms with Gasteiger partial charge in [0.25, 0.3) is 0 Å². The first-order chi connectivity index (χ1) is 10.7. The number of hydrogen-bond donors (Lipinski definition) is 1. The Balaban J connectivity index is 2.08. The molecule has 0 amide bonds. The van der Waals surface area contributed by atoms with Crippen molar-refractivity contribution in [1.29, 1.82) is 5.26 Å². The van der Waals surface area contributed by atoms with E-state index in [9.17, 15) is 10.4 Å². The third-order valence-corrected chi connectivity index (χ3v) is 4.42. The van der Waals surface area contributed by atoms with Crippen molar-refractivity contribution in [3.05, 3.63) is 46.1 Å². The van der Waals surface area contributed by atoms with Crippen molar-refractivity contribution < 1.29 is 9.84 Å². The van der Waals surface area contributed by atoms with Gasteiger partial charge in [-0.2, -0.15) is 5.26 Å². The summed E-state index contributed by atoms with van der Waals surface area (Å²) >= 11 is 3.40. The predicted octanol–water partition coefficient (Wildman–Crippen LogP) is 3.98. The van der Waals surface area contributed by atoms with Crippen LogP contribution < -0.4 is 0 Å². The fraction of sp³-hybridized carbons (Fsp3) is 0.294. The molecule has 112 valence electrons. The SMILES string of the molecule is N#Cc1c(O)cc(C2CCOCC2)nc1-c1ccc(Br)cc1. The minimum absolute atomic E-state index is 0.00286. The first kappa shape index (κ1) is 15.0. The van der Waals surface area contributed by atoms with Crippen molar-refractivity contribution in [2.24, 2.45) is 0 Å². The number of aromatic hydroxyl groups is 1. The molecule has 2 heterocycles. The molecule has 1 saturated heterocycles. The van der Waals surface area contributed by atoms with Gasteiger partial charge in [0, 0.05) is 40.9 Å². The molecule has 5 heteroatoms. The largest absolute Gasteiger partial charge is 0.506 e. The summed E-state index contributed by atoms with van der Waals surface area (Å²) in [5.41, 5.74) is 2.41. The molecule has 1 aromatic carbocycles. The summed E-state index contributed by atoms with van der Waals surface area (Å²) in [4.78, 5) is 4.67. The highest BCUT2D eigenvalue weighted by Gasteiger charge is 2.21. The number of ether oxygens (including phenoxy) is 1. The number of hydrogen-bond acceptors (Lipinski definition) is 4. The second-order valence-corrected chi connectivity index (χ2v) is 6.21. The van der Waals surface area contributed by atoms with Gasteiger partial charge < -0.3 is 9.84 Å². The van der Waals surface area contributed by atoms with Crippen molar-refractivity contribution in [2.75, 3.05) is 13.2 Å². The van der Waals surface area contributed by atoms with Crippen molar-refractivity contribution >= 4 is 15.9 Å². The van der Waals surface area contributed by atoms with Crippen LogP contribution in [0.4, 0.5) is 0 Å². The second-order valence-electron chi connectivity index (χ2n) is 5.30. The molecule has 1 fully saturated rings. The molecule has 0 radical (unpaired) electrons. The number of nitriles is 1. The smallest absolute Gasteiger partial charge is 0.137 e.